The summed E-state index contributed by atoms with van der Waals surface area (Å²) >= 11 is 6.42. The number of pyridine rings is 1. The Morgan fingerprint density at radius 2 is 1.77 bits per heavy atom. The standard InChI is InChI=1S/C19H18ClNO/c1-3-13-9-10-16(20)14(4-2)19(13)21-12-11-18(22)15-7-5-6-8-17(15)21/h5-12H,3-4H2,1-2H3. The molecular formula is C19H18ClNO. The maximum Gasteiger partial charge on any atom is 0.189 e. The van der Waals surface area contributed by atoms with Crippen LogP contribution in [-0.2, 0) is 12.8 Å². The summed E-state index contributed by atoms with van der Waals surface area (Å²) in [6.45, 7) is 4.24. The second-order valence-electron chi connectivity index (χ2n) is 5.31. The second kappa shape index (κ2) is 5.98. The lowest BCUT2D eigenvalue weighted by Gasteiger charge is -2.19. The molecule has 0 amide bonds. The van der Waals surface area contributed by atoms with Gasteiger partial charge in [0.2, 0.25) is 0 Å². The number of hydrogen-bond donors (Lipinski definition) is 0. The van der Waals surface area contributed by atoms with Crippen molar-refractivity contribution in [1.82, 2.24) is 4.57 Å². The van der Waals surface area contributed by atoms with E-state index in [0.29, 0.717) is 0 Å². The highest BCUT2D eigenvalue weighted by molar-refractivity contribution is 6.31. The molecule has 2 nitrogen and oxygen atoms in total. The number of fused-ring (bicyclic) bond motifs is 1. The zero-order chi connectivity index (χ0) is 15.7. The molecule has 0 radical (unpaired) electrons. The molecule has 1 heterocycles. The van der Waals surface area contributed by atoms with Gasteiger partial charge in [0, 0.05) is 22.7 Å². The first-order valence-corrected chi connectivity index (χ1v) is 7.96. The minimum atomic E-state index is 0.0463. The molecule has 3 rings (SSSR count). The molecule has 0 bridgehead atoms. The van der Waals surface area contributed by atoms with Gasteiger partial charge in [-0.1, -0.05) is 43.6 Å². The summed E-state index contributed by atoms with van der Waals surface area (Å²) in [6.07, 6.45) is 3.62. The van der Waals surface area contributed by atoms with E-state index in [1.807, 2.05) is 36.5 Å². The molecule has 0 aliphatic rings. The quantitative estimate of drug-likeness (QED) is 0.683. The molecule has 0 spiro atoms. The van der Waals surface area contributed by atoms with E-state index in [4.69, 9.17) is 11.6 Å². The number of para-hydroxylation sites is 1. The van der Waals surface area contributed by atoms with Gasteiger partial charge in [-0.3, -0.25) is 4.79 Å². The third kappa shape index (κ3) is 2.34. The smallest absolute Gasteiger partial charge is 0.189 e. The van der Waals surface area contributed by atoms with Gasteiger partial charge < -0.3 is 4.57 Å². The Kier molecular flexibility index (Phi) is 4.04. The Balaban J connectivity index is 2.45. The van der Waals surface area contributed by atoms with Crippen LogP contribution < -0.4 is 5.43 Å². The van der Waals surface area contributed by atoms with Crippen LogP contribution in [0, 0.1) is 0 Å². The molecule has 0 atom stereocenters. The van der Waals surface area contributed by atoms with E-state index in [1.165, 1.54) is 5.56 Å². The Hall–Kier alpha value is -2.06. The molecule has 1 aromatic heterocycles. The van der Waals surface area contributed by atoms with E-state index in [2.05, 4.69) is 24.5 Å². The molecule has 2 aromatic carbocycles. The summed E-state index contributed by atoms with van der Waals surface area (Å²) in [5, 5.41) is 1.51. The fraction of sp³-hybridized carbons (Fsp3) is 0.211. The highest BCUT2D eigenvalue weighted by Crippen LogP contribution is 2.30. The Labute approximate surface area is 135 Å². The molecule has 112 valence electrons. The normalized spacial score (nSPS) is 11.0. The minimum absolute atomic E-state index is 0.0463. The van der Waals surface area contributed by atoms with E-state index in [0.717, 1.165) is 40.0 Å². The average molecular weight is 312 g/mol. The number of aromatic nitrogens is 1. The van der Waals surface area contributed by atoms with Crippen molar-refractivity contribution in [3.8, 4) is 5.69 Å². The predicted octanol–water partition coefficient (Wildman–Crippen LogP) is 4.77. The molecule has 0 aliphatic carbocycles. The van der Waals surface area contributed by atoms with Gasteiger partial charge in [0.15, 0.2) is 5.43 Å². The molecule has 0 unspecified atom stereocenters. The minimum Gasteiger partial charge on any atom is -0.316 e. The van der Waals surface area contributed by atoms with E-state index < -0.39 is 0 Å². The first-order chi connectivity index (χ1) is 10.7. The van der Waals surface area contributed by atoms with Crippen LogP contribution in [0.1, 0.15) is 25.0 Å². The number of aryl methyl sites for hydroxylation is 1. The summed E-state index contributed by atoms with van der Waals surface area (Å²) in [5.74, 6) is 0. The van der Waals surface area contributed by atoms with Crippen molar-refractivity contribution in [3.05, 3.63) is 75.0 Å². The average Bonchev–Trinajstić information content (AvgIpc) is 2.55. The summed E-state index contributed by atoms with van der Waals surface area (Å²) in [7, 11) is 0. The lowest BCUT2D eigenvalue weighted by atomic mass is 10.0. The van der Waals surface area contributed by atoms with Gasteiger partial charge in [0.05, 0.1) is 11.2 Å². The molecule has 0 aliphatic heterocycles. The van der Waals surface area contributed by atoms with Crippen LogP contribution in [0.3, 0.4) is 0 Å². The van der Waals surface area contributed by atoms with Crippen LogP contribution in [0.4, 0.5) is 0 Å². The van der Waals surface area contributed by atoms with Crippen molar-refractivity contribution in [1.29, 1.82) is 0 Å². The maximum absolute atomic E-state index is 12.1. The maximum atomic E-state index is 12.1. The summed E-state index contributed by atoms with van der Waals surface area (Å²) < 4.78 is 2.10. The molecule has 0 N–H and O–H groups in total. The fourth-order valence-electron chi connectivity index (χ4n) is 2.98. The van der Waals surface area contributed by atoms with Crippen LogP contribution in [0.25, 0.3) is 16.6 Å². The molecular weight excluding hydrogens is 294 g/mol. The largest absolute Gasteiger partial charge is 0.316 e. The van der Waals surface area contributed by atoms with Crippen LogP contribution in [0.2, 0.25) is 5.02 Å². The fourth-order valence-corrected chi connectivity index (χ4v) is 3.27. The van der Waals surface area contributed by atoms with Gasteiger partial charge in [0.25, 0.3) is 0 Å². The highest BCUT2D eigenvalue weighted by Gasteiger charge is 2.14. The van der Waals surface area contributed by atoms with Gasteiger partial charge in [0.1, 0.15) is 0 Å². The van der Waals surface area contributed by atoms with Gasteiger partial charge >= 0.3 is 0 Å². The topological polar surface area (TPSA) is 22.0 Å². The van der Waals surface area contributed by atoms with Crippen molar-refractivity contribution in [2.75, 3.05) is 0 Å². The Morgan fingerprint density at radius 3 is 2.50 bits per heavy atom. The third-order valence-electron chi connectivity index (χ3n) is 4.09. The summed E-state index contributed by atoms with van der Waals surface area (Å²) in [6, 6.07) is 13.4. The van der Waals surface area contributed by atoms with Crippen molar-refractivity contribution < 1.29 is 0 Å². The molecule has 0 saturated heterocycles. The molecule has 22 heavy (non-hydrogen) atoms. The van der Waals surface area contributed by atoms with Crippen LogP contribution >= 0.6 is 11.6 Å². The number of benzene rings is 2. The van der Waals surface area contributed by atoms with Gasteiger partial charge in [-0.25, -0.2) is 0 Å². The molecule has 0 fully saturated rings. The predicted molar refractivity (Wildman–Crippen MR) is 93.3 cm³/mol. The third-order valence-corrected chi connectivity index (χ3v) is 4.44. The number of halogens is 1. The zero-order valence-electron chi connectivity index (χ0n) is 12.8. The van der Waals surface area contributed by atoms with Crippen LogP contribution in [-0.4, -0.2) is 4.57 Å². The van der Waals surface area contributed by atoms with Gasteiger partial charge in [-0.15, -0.1) is 0 Å². The van der Waals surface area contributed by atoms with Crippen molar-refractivity contribution >= 4 is 22.5 Å². The van der Waals surface area contributed by atoms with Crippen molar-refractivity contribution in [2.45, 2.75) is 26.7 Å². The molecule has 0 saturated carbocycles. The van der Waals surface area contributed by atoms with E-state index >= 15 is 0 Å². The SMILES string of the molecule is CCc1ccc(Cl)c(CC)c1-n1ccc(=O)c2ccccc21. The van der Waals surface area contributed by atoms with Crippen LogP contribution in [0.15, 0.2) is 53.5 Å². The van der Waals surface area contributed by atoms with Crippen LogP contribution in [0.5, 0.6) is 0 Å². The lowest BCUT2D eigenvalue weighted by molar-refractivity contribution is 0.983. The van der Waals surface area contributed by atoms with E-state index in [1.54, 1.807) is 6.07 Å². The van der Waals surface area contributed by atoms with Gasteiger partial charge in [-0.2, -0.15) is 0 Å². The number of hydrogen-bond acceptors (Lipinski definition) is 1. The summed E-state index contributed by atoms with van der Waals surface area (Å²) in [5.41, 5.74) is 4.42. The van der Waals surface area contributed by atoms with E-state index in [-0.39, 0.29) is 5.43 Å². The molecule has 3 heteroatoms. The Morgan fingerprint density at radius 1 is 1.00 bits per heavy atom. The monoisotopic (exact) mass is 311 g/mol. The highest BCUT2D eigenvalue weighted by atomic mass is 35.5. The lowest BCUT2D eigenvalue weighted by Crippen LogP contribution is -2.10. The van der Waals surface area contributed by atoms with Crippen molar-refractivity contribution in [2.24, 2.45) is 0 Å². The first kappa shape index (κ1) is 14.9. The van der Waals surface area contributed by atoms with E-state index in [9.17, 15) is 4.79 Å². The zero-order valence-corrected chi connectivity index (χ0v) is 13.5. The van der Waals surface area contributed by atoms with Gasteiger partial charge in [-0.05, 0) is 42.2 Å². The molecule has 3 aromatic rings. The Bertz CT molecular complexity index is 896. The number of rotatable bonds is 3. The first-order valence-electron chi connectivity index (χ1n) is 7.58. The second-order valence-corrected chi connectivity index (χ2v) is 5.72. The van der Waals surface area contributed by atoms with Crippen molar-refractivity contribution in [3.63, 3.8) is 0 Å². The summed E-state index contributed by atoms with van der Waals surface area (Å²) in [4.78, 5) is 12.1. The number of nitrogens with zero attached hydrogens (tertiary/aromatic N) is 1.